The minimum Gasteiger partial charge on any atom is -0.496 e. The van der Waals surface area contributed by atoms with Crippen LogP contribution in [0.3, 0.4) is 0 Å². The molecule has 2 aromatic rings. The zero-order chi connectivity index (χ0) is 15.4. The van der Waals surface area contributed by atoms with E-state index in [4.69, 9.17) is 15.2 Å². The first-order valence-electron chi connectivity index (χ1n) is 7.23. The molecule has 0 aliphatic rings. The number of ether oxygens (including phenoxy) is 2. The van der Waals surface area contributed by atoms with Gasteiger partial charge in [0.2, 0.25) is 0 Å². The molecule has 2 aromatic carbocycles. The Morgan fingerprint density at radius 1 is 0.905 bits per heavy atom. The van der Waals surface area contributed by atoms with Gasteiger partial charge in [-0.3, -0.25) is 0 Å². The molecule has 0 saturated carbocycles. The molecule has 0 spiro atoms. The Bertz CT molecular complexity index is 589. The molecule has 0 aromatic heterocycles. The van der Waals surface area contributed by atoms with Crippen LogP contribution < -0.4 is 15.2 Å². The molecule has 0 amide bonds. The molecule has 2 N–H and O–H groups in total. The molecule has 112 valence electrons. The third kappa shape index (κ3) is 3.56. The van der Waals surface area contributed by atoms with Gasteiger partial charge >= 0.3 is 0 Å². The number of rotatable bonds is 5. The highest BCUT2D eigenvalue weighted by atomic mass is 16.5. The van der Waals surface area contributed by atoms with Gasteiger partial charge < -0.3 is 15.2 Å². The highest BCUT2D eigenvalue weighted by molar-refractivity contribution is 5.48. The molecule has 0 aliphatic carbocycles. The predicted molar refractivity (Wildman–Crippen MR) is 86.2 cm³/mol. The van der Waals surface area contributed by atoms with Crippen molar-refractivity contribution in [2.75, 3.05) is 7.11 Å². The zero-order valence-corrected chi connectivity index (χ0v) is 13.1. The molecular formula is C18H23NO2. The van der Waals surface area contributed by atoms with Crippen molar-refractivity contribution in [1.29, 1.82) is 0 Å². The summed E-state index contributed by atoms with van der Waals surface area (Å²) in [5, 5.41) is 0. The second-order valence-corrected chi connectivity index (χ2v) is 5.49. The molecule has 0 unspecified atom stereocenters. The van der Waals surface area contributed by atoms with Gasteiger partial charge in [0.05, 0.1) is 12.7 Å². The minimum atomic E-state index is -0.161. The van der Waals surface area contributed by atoms with E-state index in [1.165, 1.54) is 5.56 Å². The summed E-state index contributed by atoms with van der Waals surface area (Å²) in [7, 11) is 1.64. The monoisotopic (exact) mass is 285 g/mol. The van der Waals surface area contributed by atoms with E-state index in [1.807, 2.05) is 37.3 Å². The van der Waals surface area contributed by atoms with Crippen LogP contribution in [0.1, 0.15) is 43.9 Å². The molecular weight excluding hydrogens is 262 g/mol. The Morgan fingerprint density at radius 2 is 1.52 bits per heavy atom. The standard InChI is InChI=1S/C18H23NO2/c1-12(2)14-8-10-15(11-9-14)21-17-7-5-6-16(20-4)18(17)13(3)19/h5-13H,19H2,1-4H3/t13-/m0/s1. The van der Waals surface area contributed by atoms with Gasteiger partial charge in [0.15, 0.2) is 0 Å². The van der Waals surface area contributed by atoms with Gasteiger partial charge in [0.25, 0.3) is 0 Å². The van der Waals surface area contributed by atoms with Crippen molar-refractivity contribution in [3.8, 4) is 17.2 Å². The second-order valence-electron chi connectivity index (χ2n) is 5.49. The van der Waals surface area contributed by atoms with E-state index in [-0.39, 0.29) is 6.04 Å². The van der Waals surface area contributed by atoms with E-state index in [2.05, 4.69) is 26.0 Å². The van der Waals surface area contributed by atoms with Crippen molar-refractivity contribution >= 4 is 0 Å². The highest BCUT2D eigenvalue weighted by Gasteiger charge is 2.15. The quantitative estimate of drug-likeness (QED) is 0.871. The Morgan fingerprint density at radius 3 is 2.05 bits per heavy atom. The SMILES string of the molecule is COc1cccc(Oc2ccc(C(C)C)cc2)c1[C@H](C)N. The summed E-state index contributed by atoms with van der Waals surface area (Å²) in [6, 6.07) is 13.7. The van der Waals surface area contributed by atoms with Crippen molar-refractivity contribution in [1.82, 2.24) is 0 Å². The first-order chi connectivity index (χ1) is 10.0. The molecule has 0 bridgehead atoms. The molecule has 0 fully saturated rings. The molecule has 0 radical (unpaired) electrons. The Labute approximate surface area is 126 Å². The summed E-state index contributed by atoms with van der Waals surface area (Å²) in [6.45, 7) is 6.27. The summed E-state index contributed by atoms with van der Waals surface area (Å²) >= 11 is 0. The van der Waals surface area contributed by atoms with Gasteiger partial charge in [-0.25, -0.2) is 0 Å². The van der Waals surface area contributed by atoms with Crippen molar-refractivity contribution in [2.24, 2.45) is 5.73 Å². The first-order valence-corrected chi connectivity index (χ1v) is 7.23. The third-order valence-corrected chi connectivity index (χ3v) is 3.48. The first kappa shape index (κ1) is 15.4. The number of nitrogens with two attached hydrogens (primary N) is 1. The van der Waals surface area contributed by atoms with Crippen LogP contribution >= 0.6 is 0 Å². The maximum absolute atomic E-state index is 6.05. The number of hydrogen-bond donors (Lipinski definition) is 1. The number of hydrogen-bond acceptors (Lipinski definition) is 3. The zero-order valence-electron chi connectivity index (χ0n) is 13.1. The van der Waals surface area contributed by atoms with Gasteiger partial charge in [-0.1, -0.05) is 32.0 Å². The smallest absolute Gasteiger partial charge is 0.135 e. The molecule has 21 heavy (non-hydrogen) atoms. The Kier molecular flexibility index (Phi) is 4.86. The minimum absolute atomic E-state index is 0.161. The van der Waals surface area contributed by atoms with Crippen molar-refractivity contribution in [3.63, 3.8) is 0 Å². The van der Waals surface area contributed by atoms with Gasteiger partial charge in [-0.15, -0.1) is 0 Å². The Balaban J connectivity index is 2.30. The van der Waals surface area contributed by atoms with Crippen LogP contribution in [0.25, 0.3) is 0 Å². The summed E-state index contributed by atoms with van der Waals surface area (Å²) < 4.78 is 11.4. The van der Waals surface area contributed by atoms with Crippen molar-refractivity contribution in [3.05, 3.63) is 53.6 Å². The summed E-state index contributed by atoms with van der Waals surface area (Å²) in [5.74, 6) is 2.80. The van der Waals surface area contributed by atoms with Crippen LogP contribution in [0.2, 0.25) is 0 Å². The van der Waals surface area contributed by atoms with Gasteiger partial charge in [0, 0.05) is 6.04 Å². The van der Waals surface area contributed by atoms with E-state index >= 15 is 0 Å². The van der Waals surface area contributed by atoms with E-state index in [1.54, 1.807) is 7.11 Å². The fraction of sp³-hybridized carbons (Fsp3) is 0.333. The predicted octanol–water partition coefficient (Wildman–Crippen LogP) is 4.63. The molecule has 0 heterocycles. The van der Waals surface area contributed by atoms with Gasteiger partial charge in [-0.05, 0) is 42.7 Å². The van der Waals surface area contributed by atoms with Gasteiger partial charge in [-0.2, -0.15) is 0 Å². The van der Waals surface area contributed by atoms with Crippen LogP contribution in [-0.4, -0.2) is 7.11 Å². The summed E-state index contributed by atoms with van der Waals surface area (Å²) in [4.78, 5) is 0. The van der Waals surface area contributed by atoms with Crippen LogP contribution in [0.5, 0.6) is 17.2 Å². The maximum Gasteiger partial charge on any atom is 0.135 e. The van der Waals surface area contributed by atoms with Crippen LogP contribution in [0, 0.1) is 0 Å². The molecule has 3 nitrogen and oxygen atoms in total. The van der Waals surface area contributed by atoms with Crippen LogP contribution in [0.4, 0.5) is 0 Å². The highest BCUT2D eigenvalue weighted by Crippen LogP contribution is 2.35. The van der Waals surface area contributed by atoms with E-state index in [0.717, 1.165) is 22.8 Å². The van der Waals surface area contributed by atoms with Crippen LogP contribution in [0.15, 0.2) is 42.5 Å². The lowest BCUT2D eigenvalue weighted by atomic mass is 10.0. The normalized spacial score (nSPS) is 12.3. The number of benzene rings is 2. The van der Waals surface area contributed by atoms with Crippen molar-refractivity contribution < 1.29 is 9.47 Å². The van der Waals surface area contributed by atoms with E-state index in [0.29, 0.717) is 5.92 Å². The maximum atomic E-state index is 6.05. The topological polar surface area (TPSA) is 44.5 Å². The van der Waals surface area contributed by atoms with Crippen molar-refractivity contribution in [2.45, 2.75) is 32.7 Å². The summed E-state index contributed by atoms with van der Waals surface area (Å²) in [5.41, 5.74) is 8.22. The number of methoxy groups -OCH3 is 1. The molecule has 2 rings (SSSR count). The lowest BCUT2D eigenvalue weighted by Gasteiger charge is -2.17. The lowest BCUT2D eigenvalue weighted by molar-refractivity contribution is 0.397. The largest absolute Gasteiger partial charge is 0.496 e. The second kappa shape index (κ2) is 6.64. The molecule has 0 aliphatic heterocycles. The van der Waals surface area contributed by atoms with Gasteiger partial charge in [0.1, 0.15) is 17.2 Å². The van der Waals surface area contributed by atoms with Crippen LogP contribution in [-0.2, 0) is 0 Å². The Hall–Kier alpha value is -2.00. The van der Waals surface area contributed by atoms with E-state index in [9.17, 15) is 0 Å². The molecule has 1 atom stereocenters. The summed E-state index contributed by atoms with van der Waals surface area (Å²) in [6.07, 6.45) is 0. The lowest BCUT2D eigenvalue weighted by Crippen LogP contribution is -2.08. The fourth-order valence-electron chi connectivity index (χ4n) is 2.29. The fourth-order valence-corrected chi connectivity index (χ4v) is 2.29. The molecule has 3 heteroatoms. The molecule has 0 saturated heterocycles. The van der Waals surface area contributed by atoms with E-state index < -0.39 is 0 Å². The third-order valence-electron chi connectivity index (χ3n) is 3.48. The average molecular weight is 285 g/mol. The average Bonchev–Trinajstić information content (AvgIpc) is 2.47.